The number of ether oxygens (including phenoxy) is 2. The summed E-state index contributed by atoms with van der Waals surface area (Å²) in [7, 11) is 3.57. The van der Waals surface area contributed by atoms with Crippen LogP contribution in [0.3, 0.4) is 0 Å². The molecule has 0 fully saturated rings. The Morgan fingerprint density at radius 1 is 1.14 bits per heavy atom. The minimum atomic E-state index is 0.255. The highest BCUT2D eigenvalue weighted by molar-refractivity contribution is 6.32. The molecule has 112 valence electrons. The van der Waals surface area contributed by atoms with Crippen LogP contribution in [-0.4, -0.2) is 14.2 Å². The zero-order valence-corrected chi connectivity index (χ0v) is 13.3. The first-order valence-corrected chi connectivity index (χ1v) is 7.25. The first-order valence-electron chi connectivity index (χ1n) is 6.87. The van der Waals surface area contributed by atoms with Crippen molar-refractivity contribution in [3.05, 3.63) is 58.6 Å². The van der Waals surface area contributed by atoms with Crippen LogP contribution in [0.2, 0.25) is 5.02 Å². The Morgan fingerprint density at radius 3 is 2.57 bits per heavy atom. The summed E-state index contributed by atoms with van der Waals surface area (Å²) in [5.41, 5.74) is 2.12. The van der Waals surface area contributed by atoms with Gasteiger partial charge in [0, 0.05) is 11.6 Å². The van der Waals surface area contributed by atoms with Crippen molar-refractivity contribution in [3.63, 3.8) is 0 Å². The first-order chi connectivity index (χ1) is 10.2. The van der Waals surface area contributed by atoms with Gasteiger partial charge in [-0.2, -0.15) is 0 Å². The molecular weight excluding hydrogens is 286 g/mol. The van der Waals surface area contributed by atoms with Crippen LogP contribution in [0.25, 0.3) is 0 Å². The van der Waals surface area contributed by atoms with E-state index in [1.54, 1.807) is 7.11 Å². The van der Waals surface area contributed by atoms with Crippen LogP contribution >= 0.6 is 11.6 Å². The Morgan fingerprint density at radius 2 is 1.90 bits per heavy atom. The van der Waals surface area contributed by atoms with Crippen LogP contribution in [0, 0.1) is 0 Å². The molecule has 0 saturated heterocycles. The quantitative estimate of drug-likeness (QED) is 0.867. The predicted molar refractivity (Wildman–Crippen MR) is 86.3 cm³/mol. The van der Waals surface area contributed by atoms with Crippen LogP contribution in [0.15, 0.2) is 42.5 Å². The standard InChI is InChI=1S/C17H20ClNO2/c1-12(19-2)13-8-9-17(15(18)10-13)21-11-14-6-4-5-7-16(14)20-3/h4-10,12,19H,11H2,1-3H3. The second kappa shape index (κ2) is 7.34. The van der Waals surface area contributed by atoms with Crippen molar-refractivity contribution in [2.45, 2.75) is 19.6 Å². The molecule has 2 aromatic rings. The first kappa shape index (κ1) is 15.7. The van der Waals surface area contributed by atoms with Gasteiger partial charge in [-0.3, -0.25) is 0 Å². The third kappa shape index (κ3) is 3.90. The van der Waals surface area contributed by atoms with Crippen molar-refractivity contribution < 1.29 is 9.47 Å². The van der Waals surface area contributed by atoms with E-state index in [1.807, 2.05) is 49.5 Å². The fourth-order valence-electron chi connectivity index (χ4n) is 2.05. The molecule has 0 amide bonds. The maximum atomic E-state index is 6.29. The number of para-hydroxylation sites is 1. The lowest BCUT2D eigenvalue weighted by Gasteiger charge is -2.14. The van der Waals surface area contributed by atoms with Gasteiger partial charge in [0.2, 0.25) is 0 Å². The predicted octanol–water partition coefficient (Wildman–Crippen LogP) is 4.21. The van der Waals surface area contributed by atoms with Gasteiger partial charge in [-0.15, -0.1) is 0 Å². The normalized spacial score (nSPS) is 12.0. The summed E-state index contributed by atoms with van der Waals surface area (Å²) in [6.45, 7) is 2.51. The number of nitrogens with one attached hydrogen (secondary N) is 1. The number of methoxy groups -OCH3 is 1. The van der Waals surface area contributed by atoms with Crippen molar-refractivity contribution in [2.75, 3.05) is 14.2 Å². The lowest BCUT2D eigenvalue weighted by atomic mass is 10.1. The summed E-state index contributed by atoms with van der Waals surface area (Å²) in [6.07, 6.45) is 0. The second-order valence-electron chi connectivity index (χ2n) is 4.80. The highest BCUT2D eigenvalue weighted by Crippen LogP contribution is 2.29. The van der Waals surface area contributed by atoms with E-state index in [2.05, 4.69) is 12.2 Å². The SMILES string of the molecule is CNC(C)c1ccc(OCc2ccccc2OC)c(Cl)c1. The van der Waals surface area contributed by atoms with Crippen molar-refractivity contribution in [1.29, 1.82) is 0 Å². The molecule has 2 aromatic carbocycles. The molecule has 0 aromatic heterocycles. The molecule has 1 N–H and O–H groups in total. The van der Waals surface area contributed by atoms with Gasteiger partial charge in [0.05, 0.1) is 12.1 Å². The number of hydrogen-bond acceptors (Lipinski definition) is 3. The largest absolute Gasteiger partial charge is 0.496 e. The van der Waals surface area contributed by atoms with E-state index in [0.29, 0.717) is 17.4 Å². The van der Waals surface area contributed by atoms with Gasteiger partial charge >= 0.3 is 0 Å². The van der Waals surface area contributed by atoms with E-state index >= 15 is 0 Å². The van der Waals surface area contributed by atoms with E-state index < -0.39 is 0 Å². The molecule has 0 aliphatic heterocycles. The average molecular weight is 306 g/mol. The third-order valence-corrected chi connectivity index (χ3v) is 3.76. The molecule has 0 aliphatic carbocycles. The minimum Gasteiger partial charge on any atom is -0.496 e. The molecule has 2 rings (SSSR count). The Labute approximate surface area is 130 Å². The zero-order valence-electron chi connectivity index (χ0n) is 12.5. The molecular formula is C17H20ClNO2. The van der Waals surface area contributed by atoms with Gasteiger partial charge in [-0.05, 0) is 37.7 Å². The zero-order chi connectivity index (χ0) is 15.2. The van der Waals surface area contributed by atoms with Gasteiger partial charge in [0.25, 0.3) is 0 Å². The number of benzene rings is 2. The Bertz CT molecular complexity index is 601. The van der Waals surface area contributed by atoms with Gasteiger partial charge < -0.3 is 14.8 Å². The van der Waals surface area contributed by atoms with Gasteiger partial charge in [0.15, 0.2) is 0 Å². The van der Waals surface area contributed by atoms with Crippen molar-refractivity contribution in [1.82, 2.24) is 5.32 Å². The summed E-state index contributed by atoms with van der Waals surface area (Å²) in [6, 6.07) is 13.9. The van der Waals surface area contributed by atoms with Crippen molar-refractivity contribution >= 4 is 11.6 Å². The Hall–Kier alpha value is -1.71. The molecule has 1 unspecified atom stereocenters. The molecule has 1 atom stereocenters. The van der Waals surface area contributed by atoms with Gasteiger partial charge in [-0.25, -0.2) is 0 Å². The smallest absolute Gasteiger partial charge is 0.138 e. The summed E-state index contributed by atoms with van der Waals surface area (Å²) in [5.74, 6) is 1.49. The average Bonchev–Trinajstić information content (AvgIpc) is 2.53. The summed E-state index contributed by atoms with van der Waals surface area (Å²) in [5, 5.41) is 3.80. The summed E-state index contributed by atoms with van der Waals surface area (Å²) in [4.78, 5) is 0. The molecule has 0 saturated carbocycles. The number of rotatable bonds is 6. The summed E-state index contributed by atoms with van der Waals surface area (Å²) >= 11 is 6.29. The Kier molecular flexibility index (Phi) is 5.48. The minimum absolute atomic E-state index is 0.255. The highest BCUT2D eigenvalue weighted by Gasteiger charge is 2.09. The number of hydrogen-bond donors (Lipinski definition) is 1. The molecule has 4 heteroatoms. The number of halogens is 1. The van der Waals surface area contributed by atoms with Crippen LogP contribution in [0.5, 0.6) is 11.5 Å². The molecule has 0 heterocycles. The highest BCUT2D eigenvalue weighted by atomic mass is 35.5. The maximum absolute atomic E-state index is 6.29. The van der Waals surface area contributed by atoms with E-state index in [-0.39, 0.29) is 6.04 Å². The van der Waals surface area contributed by atoms with E-state index in [0.717, 1.165) is 16.9 Å². The van der Waals surface area contributed by atoms with Crippen LogP contribution in [-0.2, 0) is 6.61 Å². The Balaban J connectivity index is 2.10. The van der Waals surface area contributed by atoms with Crippen molar-refractivity contribution in [2.24, 2.45) is 0 Å². The topological polar surface area (TPSA) is 30.5 Å². The van der Waals surface area contributed by atoms with E-state index in [4.69, 9.17) is 21.1 Å². The molecule has 21 heavy (non-hydrogen) atoms. The molecule has 0 aliphatic rings. The lowest BCUT2D eigenvalue weighted by Crippen LogP contribution is -2.12. The van der Waals surface area contributed by atoms with Gasteiger partial charge in [-0.1, -0.05) is 35.9 Å². The molecule has 0 radical (unpaired) electrons. The lowest BCUT2D eigenvalue weighted by molar-refractivity contribution is 0.296. The second-order valence-corrected chi connectivity index (χ2v) is 5.21. The fraction of sp³-hybridized carbons (Fsp3) is 0.294. The molecule has 3 nitrogen and oxygen atoms in total. The molecule has 0 bridgehead atoms. The molecule has 0 spiro atoms. The van der Waals surface area contributed by atoms with E-state index in [9.17, 15) is 0 Å². The fourth-order valence-corrected chi connectivity index (χ4v) is 2.29. The van der Waals surface area contributed by atoms with Crippen LogP contribution in [0.1, 0.15) is 24.1 Å². The third-order valence-electron chi connectivity index (χ3n) is 3.46. The van der Waals surface area contributed by atoms with Gasteiger partial charge in [0.1, 0.15) is 18.1 Å². The summed E-state index contributed by atoms with van der Waals surface area (Å²) < 4.78 is 11.1. The van der Waals surface area contributed by atoms with E-state index in [1.165, 1.54) is 0 Å². The van der Waals surface area contributed by atoms with Crippen LogP contribution in [0.4, 0.5) is 0 Å². The van der Waals surface area contributed by atoms with Crippen LogP contribution < -0.4 is 14.8 Å². The monoisotopic (exact) mass is 305 g/mol. The van der Waals surface area contributed by atoms with Crippen molar-refractivity contribution in [3.8, 4) is 11.5 Å². The maximum Gasteiger partial charge on any atom is 0.138 e.